The number of unbranched alkanes of at least 4 members (excludes halogenated alkanes) is 10. The molecule has 106 valence electrons. The first kappa shape index (κ1) is 19.3. The number of hydrogen-bond donors (Lipinski definition) is 0. The summed E-state index contributed by atoms with van der Waals surface area (Å²) >= 11 is 0. The van der Waals surface area contributed by atoms with E-state index in [2.05, 4.69) is 6.92 Å². The summed E-state index contributed by atoms with van der Waals surface area (Å²) in [4.78, 5) is 10.1. The monoisotopic (exact) mass is 290 g/mol. The molecule has 0 aliphatic rings. The second kappa shape index (κ2) is 16.0. The first-order chi connectivity index (χ1) is 7.77. The van der Waals surface area contributed by atoms with Gasteiger partial charge >= 0.3 is 17.1 Å². The molecule has 0 amide bonds. The van der Waals surface area contributed by atoms with Crippen molar-refractivity contribution in [3.05, 3.63) is 0 Å². The molecule has 17 heavy (non-hydrogen) atoms. The fraction of sp³-hybridized carbons (Fsp3) is 0.929. The molecule has 0 aliphatic heterocycles. The van der Waals surface area contributed by atoms with E-state index in [4.69, 9.17) is 0 Å². The van der Waals surface area contributed by atoms with Crippen LogP contribution in [0.4, 0.5) is 0 Å². The molecule has 0 saturated carbocycles. The number of carbonyl (C=O) groups excluding carboxylic acids is 1. The molecule has 0 rings (SSSR count). The Morgan fingerprint density at radius 2 is 1.12 bits per heavy atom. The van der Waals surface area contributed by atoms with E-state index in [0.717, 1.165) is 12.8 Å². The van der Waals surface area contributed by atoms with Gasteiger partial charge in [0.25, 0.3) is 0 Å². The van der Waals surface area contributed by atoms with Crippen molar-refractivity contribution in [1.82, 2.24) is 0 Å². The summed E-state index contributed by atoms with van der Waals surface area (Å²) in [5.74, 6) is -0.907. The van der Waals surface area contributed by atoms with Crippen LogP contribution in [0.2, 0.25) is 0 Å². The fourth-order valence-electron chi connectivity index (χ4n) is 1.93. The van der Waals surface area contributed by atoms with Gasteiger partial charge < -0.3 is 9.90 Å². The zero-order valence-corrected chi connectivity index (χ0v) is 12.0. The molecule has 0 unspecified atom stereocenters. The maximum atomic E-state index is 10.1. The summed E-state index contributed by atoms with van der Waals surface area (Å²) in [5.41, 5.74) is 0. The van der Waals surface area contributed by atoms with Crippen molar-refractivity contribution in [3.63, 3.8) is 0 Å². The van der Waals surface area contributed by atoms with Crippen molar-refractivity contribution in [3.8, 4) is 0 Å². The van der Waals surface area contributed by atoms with Crippen molar-refractivity contribution >= 4 is 5.97 Å². The van der Waals surface area contributed by atoms with Crippen LogP contribution in [0.1, 0.15) is 84.0 Å². The fourth-order valence-corrected chi connectivity index (χ4v) is 1.93. The van der Waals surface area contributed by atoms with Crippen molar-refractivity contribution in [2.75, 3.05) is 0 Å². The van der Waals surface area contributed by atoms with Crippen LogP contribution in [0.15, 0.2) is 0 Å². The molecule has 0 heterocycles. The summed E-state index contributed by atoms with van der Waals surface area (Å²) in [5, 5.41) is 10.1. The van der Waals surface area contributed by atoms with E-state index in [-0.39, 0.29) is 23.5 Å². The standard InChI is InChI=1S/C14H28O2.Cu/c1-2-3-4-5-6-7-8-9-10-11-12-13-14(15)16;/h2-13H2,1H3,(H,15,16);/q;+1/p-1. The molecule has 0 aromatic carbocycles. The summed E-state index contributed by atoms with van der Waals surface area (Å²) < 4.78 is 0. The van der Waals surface area contributed by atoms with Gasteiger partial charge in [-0.05, 0) is 12.8 Å². The third-order valence-electron chi connectivity index (χ3n) is 2.98. The molecule has 0 fully saturated rings. The van der Waals surface area contributed by atoms with Crippen LogP contribution in [0.25, 0.3) is 0 Å². The largest absolute Gasteiger partial charge is 1.00 e. The van der Waals surface area contributed by atoms with E-state index in [9.17, 15) is 9.90 Å². The number of rotatable bonds is 12. The van der Waals surface area contributed by atoms with Gasteiger partial charge in [-0.3, -0.25) is 0 Å². The van der Waals surface area contributed by atoms with Crippen molar-refractivity contribution < 1.29 is 27.0 Å². The summed E-state index contributed by atoms with van der Waals surface area (Å²) in [6.07, 6.45) is 14.0. The summed E-state index contributed by atoms with van der Waals surface area (Å²) in [7, 11) is 0. The number of hydrogen-bond acceptors (Lipinski definition) is 2. The van der Waals surface area contributed by atoms with Gasteiger partial charge in [0, 0.05) is 5.97 Å². The van der Waals surface area contributed by atoms with E-state index in [1.54, 1.807) is 0 Å². The quantitative estimate of drug-likeness (QED) is 0.408. The zero-order chi connectivity index (χ0) is 12.1. The molecular weight excluding hydrogens is 264 g/mol. The Kier molecular flexibility index (Phi) is 18.2. The summed E-state index contributed by atoms with van der Waals surface area (Å²) in [6.45, 7) is 2.24. The minimum absolute atomic E-state index is 0. The van der Waals surface area contributed by atoms with Gasteiger partial charge in [0.05, 0.1) is 0 Å². The normalized spacial score (nSPS) is 9.94. The van der Waals surface area contributed by atoms with Crippen molar-refractivity contribution in [1.29, 1.82) is 0 Å². The van der Waals surface area contributed by atoms with E-state index < -0.39 is 5.97 Å². The number of carboxylic acids is 1. The van der Waals surface area contributed by atoms with Gasteiger partial charge in [0.15, 0.2) is 0 Å². The average Bonchev–Trinajstić information content (AvgIpc) is 2.25. The molecule has 0 radical (unpaired) electrons. The van der Waals surface area contributed by atoms with Crippen LogP contribution in [0.5, 0.6) is 0 Å². The Labute approximate surface area is 117 Å². The molecule has 0 N–H and O–H groups in total. The van der Waals surface area contributed by atoms with Crippen LogP contribution >= 0.6 is 0 Å². The topological polar surface area (TPSA) is 40.1 Å². The van der Waals surface area contributed by atoms with Gasteiger partial charge in [0.2, 0.25) is 0 Å². The van der Waals surface area contributed by atoms with E-state index >= 15 is 0 Å². The SMILES string of the molecule is CCCCCCCCCCCCCC(=O)[O-].[Cu+]. The Morgan fingerprint density at radius 1 is 0.765 bits per heavy atom. The average molecular weight is 291 g/mol. The Bertz CT molecular complexity index is 160. The minimum atomic E-state index is -0.907. The molecule has 3 heteroatoms. The zero-order valence-electron chi connectivity index (χ0n) is 11.1. The molecular formula is C14H27CuO2. The molecule has 0 aromatic heterocycles. The number of aliphatic carboxylic acids is 1. The van der Waals surface area contributed by atoms with Crippen LogP contribution in [-0.4, -0.2) is 5.97 Å². The van der Waals surface area contributed by atoms with E-state index in [1.165, 1.54) is 57.8 Å². The molecule has 0 atom stereocenters. The Balaban J connectivity index is 0. The molecule has 2 nitrogen and oxygen atoms in total. The van der Waals surface area contributed by atoms with Gasteiger partial charge in [0.1, 0.15) is 0 Å². The summed E-state index contributed by atoms with van der Waals surface area (Å²) in [6, 6.07) is 0. The molecule has 0 aromatic rings. The second-order valence-corrected chi connectivity index (χ2v) is 4.66. The first-order valence-corrected chi connectivity index (χ1v) is 6.97. The molecule has 0 bridgehead atoms. The smallest absolute Gasteiger partial charge is 0.550 e. The Hall–Kier alpha value is -0.0105. The number of carbonyl (C=O) groups is 1. The van der Waals surface area contributed by atoms with Crippen LogP contribution < -0.4 is 5.11 Å². The van der Waals surface area contributed by atoms with Gasteiger partial charge in [-0.25, -0.2) is 0 Å². The minimum Gasteiger partial charge on any atom is -0.550 e. The molecule has 0 saturated heterocycles. The predicted molar refractivity (Wildman–Crippen MR) is 66.1 cm³/mol. The van der Waals surface area contributed by atoms with Gasteiger partial charge in [-0.2, -0.15) is 0 Å². The van der Waals surface area contributed by atoms with Crippen molar-refractivity contribution in [2.45, 2.75) is 84.0 Å². The number of carboxylic acid groups (broad SMARTS) is 1. The van der Waals surface area contributed by atoms with Crippen LogP contribution in [-0.2, 0) is 21.9 Å². The third kappa shape index (κ3) is 18.5. The van der Waals surface area contributed by atoms with Gasteiger partial charge in [-0.15, -0.1) is 0 Å². The predicted octanol–water partition coefficient (Wildman–Crippen LogP) is 3.43. The maximum Gasteiger partial charge on any atom is 1.00 e. The van der Waals surface area contributed by atoms with Crippen LogP contribution in [0.3, 0.4) is 0 Å². The second-order valence-electron chi connectivity index (χ2n) is 4.66. The van der Waals surface area contributed by atoms with E-state index in [1.807, 2.05) is 0 Å². The third-order valence-corrected chi connectivity index (χ3v) is 2.98. The van der Waals surface area contributed by atoms with E-state index in [0.29, 0.717) is 0 Å². The molecule has 0 spiro atoms. The molecule has 0 aliphatic carbocycles. The van der Waals surface area contributed by atoms with Crippen molar-refractivity contribution in [2.24, 2.45) is 0 Å². The van der Waals surface area contributed by atoms with Crippen LogP contribution in [0, 0.1) is 0 Å². The maximum absolute atomic E-state index is 10.1. The Morgan fingerprint density at radius 3 is 1.47 bits per heavy atom. The first-order valence-electron chi connectivity index (χ1n) is 6.97. The van der Waals surface area contributed by atoms with Gasteiger partial charge in [-0.1, -0.05) is 71.1 Å².